The molecule has 0 aliphatic carbocycles. The van der Waals surface area contributed by atoms with E-state index in [0.717, 1.165) is 5.69 Å². The van der Waals surface area contributed by atoms with Crippen molar-refractivity contribution in [3.05, 3.63) is 48.3 Å². The molecule has 2 aromatic rings. The predicted octanol–water partition coefficient (Wildman–Crippen LogP) is 1.76. The fourth-order valence-electron chi connectivity index (χ4n) is 2.36. The number of hydrogen-bond acceptors (Lipinski definition) is 4. The van der Waals surface area contributed by atoms with Crippen LogP contribution in [0.15, 0.2) is 42.6 Å². The maximum Gasteiger partial charge on any atom is 0.271 e. The number of amides is 1. The van der Waals surface area contributed by atoms with Gasteiger partial charge in [0.05, 0.1) is 18.9 Å². The number of nitrogens with one attached hydrogen (secondary N) is 1. The Balaban J connectivity index is 1.56. The molecule has 1 saturated heterocycles. The van der Waals surface area contributed by atoms with Gasteiger partial charge in [-0.1, -0.05) is 18.2 Å². The van der Waals surface area contributed by atoms with Crippen molar-refractivity contribution in [2.24, 2.45) is 0 Å². The maximum atomic E-state index is 12.1. The zero-order chi connectivity index (χ0) is 15.4. The second-order valence-electron chi connectivity index (χ2n) is 5.32. The molecule has 116 valence electrons. The highest BCUT2D eigenvalue weighted by Gasteiger charge is 2.30. The Labute approximate surface area is 129 Å². The summed E-state index contributed by atoms with van der Waals surface area (Å²) in [7, 11) is 0. The summed E-state index contributed by atoms with van der Waals surface area (Å²) in [6.45, 7) is 3.57. The van der Waals surface area contributed by atoms with Crippen LogP contribution < -0.4 is 5.32 Å². The van der Waals surface area contributed by atoms with Gasteiger partial charge >= 0.3 is 0 Å². The van der Waals surface area contributed by atoms with Gasteiger partial charge in [-0.15, -0.1) is 0 Å². The lowest BCUT2D eigenvalue weighted by atomic mass is 10.2. The predicted molar refractivity (Wildman–Crippen MR) is 80.8 cm³/mol. The molecule has 0 radical (unpaired) electrons. The van der Waals surface area contributed by atoms with E-state index in [4.69, 9.17) is 9.47 Å². The second kappa shape index (κ2) is 6.29. The minimum absolute atomic E-state index is 0.198. The van der Waals surface area contributed by atoms with Crippen LogP contribution in [0.1, 0.15) is 23.8 Å². The average Bonchev–Trinajstić information content (AvgIpc) is 3.18. The van der Waals surface area contributed by atoms with Crippen LogP contribution in [0.3, 0.4) is 0 Å². The van der Waals surface area contributed by atoms with Crippen LogP contribution >= 0.6 is 0 Å². The molecule has 3 rings (SSSR count). The van der Waals surface area contributed by atoms with Crippen LogP contribution in [0.5, 0.6) is 0 Å². The highest BCUT2D eigenvalue weighted by molar-refractivity contribution is 5.92. The molecule has 22 heavy (non-hydrogen) atoms. The lowest BCUT2D eigenvalue weighted by Crippen LogP contribution is -2.33. The molecule has 0 bridgehead atoms. The van der Waals surface area contributed by atoms with Gasteiger partial charge in [-0.25, -0.2) is 4.68 Å². The number of hydrogen-bond donors (Lipinski definition) is 1. The van der Waals surface area contributed by atoms with Crippen molar-refractivity contribution >= 4 is 5.91 Å². The molecule has 0 atom stereocenters. The molecule has 6 heteroatoms. The molecule has 1 fully saturated rings. The molecule has 1 N–H and O–H groups in total. The highest BCUT2D eigenvalue weighted by atomic mass is 16.7. The Bertz CT molecular complexity index is 633. The van der Waals surface area contributed by atoms with Gasteiger partial charge in [-0.05, 0) is 25.1 Å². The van der Waals surface area contributed by atoms with Gasteiger partial charge in [-0.3, -0.25) is 4.79 Å². The summed E-state index contributed by atoms with van der Waals surface area (Å²) in [5, 5.41) is 7.13. The summed E-state index contributed by atoms with van der Waals surface area (Å²) < 4.78 is 12.7. The van der Waals surface area contributed by atoms with Crippen molar-refractivity contribution in [3.63, 3.8) is 0 Å². The Hall–Kier alpha value is -2.18. The summed E-state index contributed by atoms with van der Waals surface area (Å²) in [6.07, 6.45) is 2.38. The summed E-state index contributed by atoms with van der Waals surface area (Å²) >= 11 is 0. The Morgan fingerprint density at radius 3 is 2.73 bits per heavy atom. The van der Waals surface area contributed by atoms with Crippen LogP contribution in [0.25, 0.3) is 5.69 Å². The third-order valence-corrected chi connectivity index (χ3v) is 3.61. The van der Waals surface area contributed by atoms with Crippen LogP contribution in [0.2, 0.25) is 0 Å². The van der Waals surface area contributed by atoms with Crippen LogP contribution in [0.4, 0.5) is 0 Å². The summed E-state index contributed by atoms with van der Waals surface area (Å²) in [4.78, 5) is 12.1. The molecule has 1 aliphatic rings. The Morgan fingerprint density at radius 1 is 1.27 bits per heavy atom. The van der Waals surface area contributed by atoms with E-state index in [1.807, 2.05) is 37.3 Å². The molecule has 0 spiro atoms. The number of nitrogens with zero attached hydrogens (tertiary/aromatic N) is 2. The van der Waals surface area contributed by atoms with Crippen molar-refractivity contribution in [1.82, 2.24) is 15.1 Å². The van der Waals surface area contributed by atoms with E-state index in [0.29, 0.717) is 31.9 Å². The lowest BCUT2D eigenvalue weighted by molar-refractivity contribution is -0.145. The van der Waals surface area contributed by atoms with E-state index >= 15 is 0 Å². The standard InChI is InChI=1S/C16H19N3O3/c1-16(21-11-12-22-16)8-9-17-15(20)14-7-10-19(18-14)13-5-3-2-4-6-13/h2-7,10H,8-9,11-12H2,1H3,(H,17,20). The zero-order valence-electron chi connectivity index (χ0n) is 12.5. The van der Waals surface area contributed by atoms with E-state index < -0.39 is 5.79 Å². The SMILES string of the molecule is CC1(CCNC(=O)c2ccn(-c3ccccc3)n2)OCCO1. The fraction of sp³-hybridized carbons (Fsp3) is 0.375. The first-order valence-electron chi connectivity index (χ1n) is 7.33. The Kier molecular flexibility index (Phi) is 4.22. The van der Waals surface area contributed by atoms with Gasteiger partial charge < -0.3 is 14.8 Å². The minimum Gasteiger partial charge on any atom is -0.350 e. The molecular formula is C16H19N3O3. The van der Waals surface area contributed by atoms with Gasteiger partial charge in [0.25, 0.3) is 5.91 Å². The smallest absolute Gasteiger partial charge is 0.271 e. The topological polar surface area (TPSA) is 65.4 Å². The third kappa shape index (κ3) is 3.35. The van der Waals surface area contributed by atoms with E-state index in [9.17, 15) is 4.79 Å². The van der Waals surface area contributed by atoms with Crippen molar-refractivity contribution < 1.29 is 14.3 Å². The van der Waals surface area contributed by atoms with Gasteiger partial charge in [0.1, 0.15) is 0 Å². The first-order chi connectivity index (χ1) is 10.7. The first-order valence-corrected chi connectivity index (χ1v) is 7.33. The molecular weight excluding hydrogens is 282 g/mol. The quantitative estimate of drug-likeness (QED) is 0.914. The van der Waals surface area contributed by atoms with Crippen LogP contribution in [0, 0.1) is 0 Å². The number of benzene rings is 1. The van der Waals surface area contributed by atoms with Crippen molar-refractivity contribution in [2.45, 2.75) is 19.1 Å². The Morgan fingerprint density at radius 2 is 2.00 bits per heavy atom. The number of rotatable bonds is 5. The largest absolute Gasteiger partial charge is 0.350 e. The number of aromatic nitrogens is 2. The van der Waals surface area contributed by atoms with Gasteiger partial charge in [0, 0.05) is 19.2 Å². The average molecular weight is 301 g/mol. The molecule has 1 amide bonds. The number of ether oxygens (including phenoxy) is 2. The van der Waals surface area contributed by atoms with Crippen molar-refractivity contribution in [1.29, 1.82) is 0 Å². The van der Waals surface area contributed by atoms with Crippen molar-refractivity contribution in [3.8, 4) is 5.69 Å². The summed E-state index contributed by atoms with van der Waals surface area (Å²) in [6, 6.07) is 11.4. The van der Waals surface area contributed by atoms with Gasteiger partial charge in [0.2, 0.25) is 0 Å². The van der Waals surface area contributed by atoms with Gasteiger partial charge in [0.15, 0.2) is 11.5 Å². The molecule has 2 heterocycles. The van der Waals surface area contributed by atoms with E-state index in [1.54, 1.807) is 16.9 Å². The zero-order valence-corrected chi connectivity index (χ0v) is 12.5. The second-order valence-corrected chi connectivity index (χ2v) is 5.32. The first kappa shape index (κ1) is 14.7. The van der Waals surface area contributed by atoms with E-state index in [2.05, 4.69) is 10.4 Å². The molecule has 0 saturated carbocycles. The molecule has 6 nitrogen and oxygen atoms in total. The van der Waals surface area contributed by atoms with Gasteiger partial charge in [-0.2, -0.15) is 5.10 Å². The maximum absolute atomic E-state index is 12.1. The third-order valence-electron chi connectivity index (χ3n) is 3.61. The molecule has 1 aliphatic heterocycles. The minimum atomic E-state index is -0.587. The number of para-hydroxylation sites is 1. The molecule has 0 unspecified atom stereocenters. The monoisotopic (exact) mass is 301 g/mol. The number of carbonyl (C=O) groups is 1. The molecule has 1 aromatic carbocycles. The highest BCUT2D eigenvalue weighted by Crippen LogP contribution is 2.21. The normalized spacial score (nSPS) is 16.6. The van der Waals surface area contributed by atoms with Crippen molar-refractivity contribution in [2.75, 3.05) is 19.8 Å². The lowest BCUT2D eigenvalue weighted by Gasteiger charge is -2.21. The van der Waals surface area contributed by atoms with Crippen LogP contribution in [-0.2, 0) is 9.47 Å². The summed E-state index contributed by atoms with van der Waals surface area (Å²) in [5.41, 5.74) is 1.31. The summed E-state index contributed by atoms with van der Waals surface area (Å²) in [5.74, 6) is -0.785. The number of carbonyl (C=O) groups excluding carboxylic acids is 1. The van der Waals surface area contributed by atoms with Crippen LogP contribution in [-0.4, -0.2) is 41.2 Å². The fourth-order valence-corrected chi connectivity index (χ4v) is 2.36. The van der Waals surface area contributed by atoms with E-state index in [1.165, 1.54) is 0 Å². The molecule has 1 aromatic heterocycles. The van der Waals surface area contributed by atoms with E-state index in [-0.39, 0.29) is 5.91 Å².